The van der Waals surface area contributed by atoms with Crippen molar-refractivity contribution in [3.63, 3.8) is 0 Å². The normalized spacial score (nSPS) is 11.7. The van der Waals surface area contributed by atoms with Gasteiger partial charge in [-0.15, -0.1) is 0 Å². The zero-order valence-electron chi connectivity index (χ0n) is 41.0. The second kappa shape index (κ2) is 17.7. The van der Waals surface area contributed by atoms with E-state index in [1.165, 1.54) is 6.07 Å². The van der Waals surface area contributed by atoms with Gasteiger partial charge in [0.05, 0.1) is 62.3 Å². The molecule has 354 valence electrons. The third kappa shape index (κ3) is 7.52. The number of aromatic nitrogens is 2. The van der Waals surface area contributed by atoms with Crippen molar-refractivity contribution in [3.05, 3.63) is 239 Å². The number of hydrogen-bond acceptors (Lipinski definition) is 2. The first-order valence-corrected chi connectivity index (χ1v) is 24.5. The van der Waals surface area contributed by atoms with Crippen molar-refractivity contribution in [2.24, 2.45) is 0 Å². The fourth-order valence-electron chi connectivity index (χ4n) is 11.2. The van der Waals surface area contributed by atoms with Gasteiger partial charge in [-0.2, -0.15) is 23.7 Å². The smallest absolute Gasteiger partial charge is 0.308 e. The summed E-state index contributed by atoms with van der Waals surface area (Å²) in [6, 6.07) is 70.3. The van der Waals surface area contributed by atoms with Crippen LogP contribution < -0.4 is 0 Å². The van der Waals surface area contributed by atoms with Crippen LogP contribution in [0.5, 0.6) is 0 Å². The van der Waals surface area contributed by atoms with E-state index in [2.05, 4.69) is 170 Å². The highest BCUT2D eigenvalue weighted by Crippen LogP contribution is 2.47. The van der Waals surface area contributed by atoms with E-state index in [1.54, 1.807) is 0 Å². The minimum atomic E-state index is -4.70. The van der Waals surface area contributed by atoms with Crippen LogP contribution in [0.1, 0.15) is 38.9 Å². The molecule has 0 spiro atoms. The molecular formula is C67H45F3N4. The molecule has 2 heterocycles. The van der Waals surface area contributed by atoms with Crippen LogP contribution in [0.25, 0.3) is 111 Å². The summed E-state index contributed by atoms with van der Waals surface area (Å²) in [4.78, 5) is 0. The van der Waals surface area contributed by atoms with Gasteiger partial charge in [0, 0.05) is 32.7 Å². The Morgan fingerprint density at radius 2 is 0.703 bits per heavy atom. The van der Waals surface area contributed by atoms with Crippen LogP contribution >= 0.6 is 0 Å². The lowest BCUT2D eigenvalue weighted by Gasteiger charge is -2.22. The Labute approximate surface area is 426 Å². The molecule has 2 aromatic heterocycles. The fourth-order valence-corrected chi connectivity index (χ4v) is 11.2. The SMILES string of the molecule is Cc1ccccc1-c1ccc2c(c1)c1cc(-c3ccccc3C)ccc1n2-c1cc(C#N)cc(-n2c3ccc(-c4ccccc4C)cc3c3cc(-c4ccccc4C)ccc32)c1-c1ccc(C(F)(F)F)cc1C#N. The summed E-state index contributed by atoms with van der Waals surface area (Å²) in [5.41, 5.74) is 17.3. The molecule has 0 aliphatic heterocycles. The van der Waals surface area contributed by atoms with E-state index in [0.29, 0.717) is 28.1 Å². The Morgan fingerprint density at radius 3 is 1.00 bits per heavy atom. The van der Waals surface area contributed by atoms with Crippen LogP contribution in [0, 0.1) is 50.4 Å². The Hall–Kier alpha value is -9.43. The predicted molar refractivity (Wildman–Crippen MR) is 296 cm³/mol. The van der Waals surface area contributed by atoms with Gasteiger partial charge in [-0.05, 0) is 167 Å². The molecule has 12 aromatic rings. The van der Waals surface area contributed by atoms with Crippen LogP contribution in [-0.2, 0) is 6.18 Å². The quantitative estimate of drug-likeness (QED) is 0.160. The Kier molecular flexibility index (Phi) is 10.9. The first kappa shape index (κ1) is 45.7. The van der Waals surface area contributed by atoms with Crippen molar-refractivity contribution in [2.75, 3.05) is 0 Å². The Morgan fingerprint density at radius 1 is 0.365 bits per heavy atom. The molecule has 0 aliphatic rings. The average Bonchev–Trinajstić information content (AvgIpc) is 3.92. The topological polar surface area (TPSA) is 57.4 Å². The molecule has 0 atom stereocenters. The summed E-state index contributed by atoms with van der Waals surface area (Å²) >= 11 is 0. The standard InChI is InChI=1S/C67H45F3N4/c1-40-13-5-9-17-51(40)45-21-27-60-56(34-45)57-35-46(52-18-10-6-14-41(52)2)22-28-61(57)73(60)64-31-44(38-71)32-65(66(64)55-26-25-50(67(68,69)70)33-49(55)39-72)74-62-29-23-47(53-19-11-7-15-42(53)3)36-58(62)59-37-48(24-30-63(59)74)54-20-12-8-16-43(54)4/h5-37H,1-4H3. The van der Waals surface area contributed by atoms with Crippen molar-refractivity contribution in [1.29, 1.82) is 10.5 Å². The summed E-state index contributed by atoms with van der Waals surface area (Å²) in [6.45, 7) is 8.38. The van der Waals surface area contributed by atoms with Gasteiger partial charge >= 0.3 is 6.18 Å². The molecule has 0 saturated carbocycles. The van der Waals surface area contributed by atoms with E-state index < -0.39 is 11.7 Å². The molecule has 0 fully saturated rings. The highest BCUT2D eigenvalue weighted by atomic mass is 19.4. The largest absolute Gasteiger partial charge is 0.416 e. The van der Waals surface area contributed by atoms with Crippen molar-refractivity contribution in [1.82, 2.24) is 9.13 Å². The van der Waals surface area contributed by atoms with Gasteiger partial charge < -0.3 is 9.13 Å². The second-order valence-corrected chi connectivity index (χ2v) is 19.2. The molecule has 12 rings (SSSR count). The van der Waals surface area contributed by atoms with E-state index in [4.69, 9.17) is 0 Å². The third-order valence-electron chi connectivity index (χ3n) is 14.8. The number of benzene rings is 10. The number of alkyl halides is 3. The monoisotopic (exact) mass is 962 g/mol. The van der Waals surface area contributed by atoms with Crippen LogP contribution in [0.15, 0.2) is 200 Å². The van der Waals surface area contributed by atoms with Crippen molar-refractivity contribution in [3.8, 4) is 79.1 Å². The number of halogens is 3. The molecule has 0 aliphatic carbocycles. The van der Waals surface area contributed by atoms with Crippen molar-refractivity contribution < 1.29 is 13.2 Å². The number of nitrogens with zero attached hydrogens (tertiary/aromatic N) is 4. The van der Waals surface area contributed by atoms with Crippen LogP contribution in [0.3, 0.4) is 0 Å². The van der Waals surface area contributed by atoms with Gasteiger partial charge in [-0.1, -0.05) is 127 Å². The third-order valence-corrected chi connectivity index (χ3v) is 14.8. The molecule has 10 aromatic carbocycles. The number of fused-ring (bicyclic) bond motifs is 6. The lowest BCUT2D eigenvalue weighted by atomic mass is 9.93. The zero-order valence-corrected chi connectivity index (χ0v) is 41.0. The summed E-state index contributed by atoms with van der Waals surface area (Å²) in [7, 11) is 0. The number of rotatable bonds is 7. The highest BCUT2D eigenvalue weighted by molar-refractivity contribution is 6.14. The molecule has 0 saturated heterocycles. The van der Waals surface area contributed by atoms with Crippen LogP contribution in [-0.4, -0.2) is 9.13 Å². The van der Waals surface area contributed by atoms with E-state index in [1.807, 2.05) is 60.7 Å². The minimum absolute atomic E-state index is 0.152. The Bertz CT molecular complexity index is 3940. The maximum Gasteiger partial charge on any atom is 0.416 e. The maximum atomic E-state index is 14.6. The molecule has 0 amide bonds. The lowest BCUT2D eigenvalue weighted by Crippen LogP contribution is -2.08. The lowest BCUT2D eigenvalue weighted by molar-refractivity contribution is -0.137. The van der Waals surface area contributed by atoms with Gasteiger partial charge in [0.25, 0.3) is 0 Å². The van der Waals surface area contributed by atoms with Crippen molar-refractivity contribution >= 4 is 43.6 Å². The molecule has 0 bridgehead atoms. The first-order chi connectivity index (χ1) is 35.9. The van der Waals surface area contributed by atoms with Gasteiger partial charge in [-0.25, -0.2) is 0 Å². The predicted octanol–water partition coefficient (Wildman–Crippen LogP) is 18.2. The highest BCUT2D eigenvalue weighted by Gasteiger charge is 2.33. The summed E-state index contributed by atoms with van der Waals surface area (Å²) < 4.78 is 48.1. The van der Waals surface area contributed by atoms with Crippen LogP contribution in [0.2, 0.25) is 0 Å². The minimum Gasteiger partial charge on any atom is -0.308 e. The molecule has 7 heteroatoms. The number of nitriles is 2. The molecule has 0 unspecified atom stereocenters. The van der Waals surface area contributed by atoms with E-state index >= 15 is 0 Å². The van der Waals surface area contributed by atoms with Gasteiger partial charge in [0.15, 0.2) is 0 Å². The molecule has 0 radical (unpaired) electrons. The van der Waals surface area contributed by atoms with Crippen molar-refractivity contribution in [2.45, 2.75) is 33.9 Å². The second-order valence-electron chi connectivity index (χ2n) is 19.2. The van der Waals surface area contributed by atoms with E-state index in [9.17, 15) is 23.7 Å². The number of hydrogen-bond donors (Lipinski definition) is 0. The average molecular weight is 963 g/mol. The molecular weight excluding hydrogens is 918 g/mol. The zero-order chi connectivity index (χ0) is 51.0. The van der Waals surface area contributed by atoms with Gasteiger partial charge in [0.1, 0.15) is 0 Å². The first-order valence-electron chi connectivity index (χ1n) is 24.5. The van der Waals surface area contributed by atoms with Crippen LogP contribution in [0.4, 0.5) is 13.2 Å². The van der Waals surface area contributed by atoms with Gasteiger partial charge in [-0.3, -0.25) is 0 Å². The number of aryl methyl sites for hydroxylation is 4. The fraction of sp³-hybridized carbons (Fsp3) is 0.0746. The summed E-state index contributed by atoms with van der Waals surface area (Å²) in [5, 5.41) is 25.9. The maximum absolute atomic E-state index is 14.6. The van der Waals surface area contributed by atoms with Gasteiger partial charge in [0.2, 0.25) is 0 Å². The summed E-state index contributed by atoms with van der Waals surface area (Å²) in [6.07, 6.45) is -4.70. The van der Waals surface area contributed by atoms with E-state index in [-0.39, 0.29) is 5.56 Å². The summed E-state index contributed by atoms with van der Waals surface area (Å²) in [5.74, 6) is 0. The van der Waals surface area contributed by atoms with E-state index in [0.717, 1.165) is 123 Å². The molecule has 0 N–H and O–H groups in total. The Balaban J connectivity index is 1.23. The molecule has 4 nitrogen and oxygen atoms in total. The molecule has 74 heavy (non-hydrogen) atoms.